The van der Waals surface area contributed by atoms with Gasteiger partial charge in [-0.3, -0.25) is 9.09 Å². The standard InChI is InChI=1S/C14H29BFO7P/c1-5-13(16,23-24(19,20)14(18,6-2)7-3)8-9-10(17)11(21-4)12(15)22-9/h9-12,17-18H,5-8,15H2,1-4H3,(H,19,20)/t9-,10-,11-,12-,13?/m1/s1. The van der Waals surface area contributed by atoms with Gasteiger partial charge in [-0.1, -0.05) is 20.8 Å². The summed E-state index contributed by atoms with van der Waals surface area (Å²) in [5.74, 6) is -2.52. The van der Waals surface area contributed by atoms with Gasteiger partial charge in [-0.25, -0.2) is 4.39 Å². The molecule has 0 amide bonds. The lowest BCUT2D eigenvalue weighted by Crippen LogP contribution is -2.40. The quantitative estimate of drug-likeness (QED) is 0.409. The molecule has 1 saturated heterocycles. The fraction of sp³-hybridized carbons (Fsp3) is 1.00. The fourth-order valence-electron chi connectivity index (χ4n) is 2.93. The number of aliphatic hydroxyl groups excluding tert-OH is 1. The normalized spacial score (nSPS) is 33.2. The molecule has 10 heteroatoms. The zero-order chi connectivity index (χ0) is 18.8. The summed E-state index contributed by atoms with van der Waals surface area (Å²) >= 11 is 0. The van der Waals surface area contributed by atoms with Crippen LogP contribution in [0.15, 0.2) is 0 Å². The largest absolute Gasteiger partial charge is 0.388 e. The second kappa shape index (κ2) is 8.12. The van der Waals surface area contributed by atoms with Gasteiger partial charge in [0.1, 0.15) is 20.1 Å². The van der Waals surface area contributed by atoms with Crippen molar-refractivity contribution >= 4 is 15.4 Å². The van der Waals surface area contributed by atoms with E-state index < -0.39 is 49.5 Å². The van der Waals surface area contributed by atoms with E-state index in [-0.39, 0.29) is 19.3 Å². The molecule has 142 valence electrons. The Kier molecular flexibility index (Phi) is 7.45. The van der Waals surface area contributed by atoms with Gasteiger partial charge in [-0.2, -0.15) is 0 Å². The van der Waals surface area contributed by atoms with Crippen LogP contribution in [0, 0.1) is 0 Å². The van der Waals surface area contributed by atoms with Crippen molar-refractivity contribution in [2.24, 2.45) is 0 Å². The molecule has 1 aliphatic rings. The van der Waals surface area contributed by atoms with Crippen molar-refractivity contribution in [1.82, 2.24) is 0 Å². The number of rotatable bonds is 9. The molecule has 0 spiro atoms. The summed E-state index contributed by atoms with van der Waals surface area (Å²) in [6.07, 6.45) is -3.41. The summed E-state index contributed by atoms with van der Waals surface area (Å²) in [4.78, 5) is 10.1. The number of ether oxygens (including phenoxy) is 2. The Morgan fingerprint density at radius 1 is 1.29 bits per heavy atom. The van der Waals surface area contributed by atoms with Crippen LogP contribution in [0.25, 0.3) is 0 Å². The van der Waals surface area contributed by atoms with Gasteiger partial charge in [0.2, 0.25) is 5.85 Å². The van der Waals surface area contributed by atoms with Gasteiger partial charge in [0, 0.05) is 20.0 Å². The zero-order valence-electron chi connectivity index (χ0n) is 14.9. The Balaban J connectivity index is 2.93. The Hall–Kier alpha value is -0.0151. The summed E-state index contributed by atoms with van der Waals surface area (Å²) in [7, 11) is -1.55. The Morgan fingerprint density at radius 2 is 1.83 bits per heavy atom. The van der Waals surface area contributed by atoms with Gasteiger partial charge in [0.15, 0.2) is 5.34 Å². The predicted octanol–water partition coefficient (Wildman–Crippen LogP) is 0.897. The minimum Gasteiger partial charge on any atom is -0.388 e. The molecule has 0 aromatic heterocycles. The van der Waals surface area contributed by atoms with Gasteiger partial charge in [-0.15, -0.1) is 0 Å². The first-order valence-electron chi connectivity index (χ1n) is 8.30. The number of alkyl halides is 1. The molecule has 3 N–H and O–H groups in total. The number of hydrogen-bond donors (Lipinski definition) is 3. The minimum atomic E-state index is -4.65. The smallest absolute Gasteiger partial charge is 0.362 e. The van der Waals surface area contributed by atoms with Gasteiger partial charge in [-0.05, 0) is 12.8 Å². The number of hydrogen-bond acceptors (Lipinski definition) is 6. The molecule has 0 radical (unpaired) electrons. The molecule has 1 fully saturated rings. The van der Waals surface area contributed by atoms with Gasteiger partial charge in [0.25, 0.3) is 0 Å². The second-order valence-corrected chi connectivity index (χ2v) is 8.37. The van der Waals surface area contributed by atoms with Crippen LogP contribution in [-0.2, 0) is 18.6 Å². The third kappa shape index (κ3) is 4.39. The van der Waals surface area contributed by atoms with E-state index >= 15 is 4.39 Å². The highest BCUT2D eigenvalue weighted by atomic mass is 31.2. The van der Waals surface area contributed by atoms with E-state index in [9.17, 15) is 19.7 Å². The molecule has 2 unspecified atom stereocenters. The van der Waals surface area contributed by atoms with Gasteiger partial charge < -0.3 is 24.6 Å². The highest BCUT2D eigenvalue weighted by Gasteiger charge is 2.52. The number of aliphatic hydroxyl groups is 2. The summed E-state index contributed by atoms with van der Waals surface area (Å²) in [6, 6.07) is -0.444. The van der Waals surface area contributed by atoms with Crippen LogP contribution < -0.4 is 0 Å². The highest BCUT2D eigenvalue weighted by Crippen LogP contribution is 2.60. The Bertz CT molecular complexity index is 464. The topological polar surface area (TPSA) is 105 Å². The van der Waals surface area contributed by atoms with E-state index in [2.05, 4.69) is 0 Å². The van der Waals surface area contributed by atoms with E-state index in [1.54, 1.807) is 7.85 Å². The lowest BCUT2D eigenvalue weighted by molar-refractivity contribution is -0.126. The molecular weight excluding hydrogens is 341 g/mol. The fourth-order valence-corrected chi connectivity index (χ4v) is 4.54. The van der Waals surface area contributed by atoms with Crippen molar-refractivity contribution in [2.75, 3.05) is 7.11 Å². The van der Waals surface area contributed by atoms with E-state index in [0.29, 0.717) is 0 Å². The van der Waals surface area contributed by atoms with Crippen LogP contribution in [0.2, 0.25) is 0 Å². The molecule has 0 aromatic carbocycles. The first-order chi connectivity index (χ1) is 11.0. The third-order valence-electron chi connectivity index (χ3n) is 4.82. The molecule has 1 aliphatic heterocycles. The molecule has 1 rings (SSSR count). The van der Waals surface area contributed by atoms with Crippen molar-refractivity contribution in [2.45, 2.75) is 82.0 Å². The maximum Gasteiger partial charge on any atom is 0.362 e. The maximum atomic E-state index is 15.1. The Morgan fingerprint density at radius 3 is 2.21 bits per heavy atom. The SMILES string of the molecule is B[C@@H]1O[C@H](CC(F)(CC)OP(=O)(O)C(O)(CC)CC)[C@@H](O)[C@H]1OC. The van der Waals surface area contributed by atoms with E-state index in [0.717, 1.165) is 0 Å². The van der Waals surface area contributed by atoms with E-state index in [1.165, 1.54) is 27.9 Å². The zero-order valence-corrected chi connectivity index (χ0v) is 15.8. The van der Waals surface area contributed by atoms with Crippen LogP contribution in [0.5, 0.6) is 0 Å². The first-order valence-corrected chi connectivity index (χ1v) is 9.88. The summed E-state index contributed by atoms with van der Waals surface area (Å²) < 4.78 is 43.1. The van der Waals surface area contributed by atoms with Gasteiger partial charge in [0.05, 0.1) is 12.1 Å². The van der Waals surface area contributed by atoms with Crippen molar-refractivity contribution in [3.05, 3.63) is 0 Å². The highest BCUT2D eigenvalue weighted by molar-refractivity contribution is 7.54. The van der Waals surface area contributed by atoms with Gasteiger partial charge >= 0.3 is 7.60 Å². The molecule has 0 bridgehead atoms. The molecule has 1 heterocycles. The van der Waals surface area contributed by atoms with Crippen molar-refractivity contribution in [3.63, 3.8) is 0 Å². The summed E-state index contributed by atoms with van der Waals surface area (Å²) in [6.45, 7) is 4.50. The third-order valence-corrected chi connectivity index (χ3v) is 7.08. The van der Waals surface area contributed by atoms with E-state index in [1.807, 2.05) is 0 Å². The van der Waals surface area contributed by atoms with Crippen molar-refractivity contribution in [1.29, 1.82) is 0 Å². The molecule has 7 nitrogen and oxygen atoms in total. The number of halogens is 1. The summed E-state index contributed by atoms with van der Waals surface area (Å²) in [5, 5.41) is 18.4. The average molecular weight is 370 g/mol. The predicted molar refractivity (Wildman–Crippen MR) is 89.2 cm³/mol. The molecule has 0 saturated carbocycles. The second-order valence-electron chi connectivity index (χ2n) is 6.31. The molecule has 24 heavy (non-hydrogen) atoms. The maximum absolute atomic E-state index is 15.1. The lowest BCUT2D eigenvalue weighted by atomic mass is 9.92. The Labute approximate surface area is 143 Å². The molecular formula is C14H29BFO7P. The van der Waals surface area contributed by atoms with Crippen molar-refractivity contribution in [3.8, 4) is 0 Å². The average Bonchev–Trinajstić information content (AvgIpc) is 2.78. The minimum absolute atomic E-state index is 0.0532. The lowest BCUT2D eigenvalue weighted by Gasteiger charge is -2.36. The molecule has 6 atom stereocenters. The summed E-state index contributed by atoms with van der Waals surface area (Å²) in [5.41, 5.74) is 0. The van der Waals surface area contributed by atoms with Crippen LogP contribution >= 0.6 is 7.60 Å². The molecule has 0 aliphatic carbocycles. The van der Waals surface area contributed by atoms with Crippen LogP contribution in [0.3, 0.4) is 0 Å². The van der Waals surface area contributed by atoms with Crippen LogP contribution in [0.4, 0.5) is 4.39 Å². The molecule has 0 aromatic rings. The number of methoxy groups -OCH3 is 1. The monoisotopic (exact) mass is 370 g/mol. The first kappa shape index (κ1) is 22.0. The van der Waals surface area contributed by atoms with Crippen LogP contribution in [0.1, 0.15) is 46.5 Å². The van der Waals surface area contributed by atoms with Crippen LogP contribution in [-0.4, -0.2) is 65.6 Å². The van der Waals surface area contributed by atoms with E-state index in [4.69, 9.17) is 14.0 Å². The van der Waals surface area contributed by atoms with Crippen molar-refractivity contribution < 1.29 is 38.1 Å².